The van der Waals surface area contributed by atoms with Crippen LogP contribution < -0.4 is 23.8 Å². The van der Waals surface area contributed by atoms with Gasteiger partial charge in [0.2, 0.25) is 11.8 Å². The van der Waals surface area contributed by atoms with Crippen molar-refractivity contribution in [2.75, 3.05) is 32.2 Å². The van der Waals surface area contributed by atoms with Gasteiger partial charge in [-0.3, -0.25) is 13.9 Å². The molecule has 244 valence electrons. The lowest BCUT2D eigenvalue weighted by Crippen LogP contribution is -2.53. The highest BCUT2D eigenvalue weighted by atomic mass is 35.5. The average Bonchev–Trinajstić information content (AvgIpc) is 2.99. The Bertz CT molecular complexity index is 1640. The number of nitrogens with one attached hydrogen (secondary N) is 1. The zero-order chi connectivity index (χ0) is 33.5. The van der Waals surface area contributed by atoms with E-state index in [1.807, 2.05) is 0 Å². The molecule has 14 heteroatoms. The van der Waals surface area contributed by atoms with Gasteiger partial charge in [-0.2, -0.15) is 0 Å². The summed E-state index contributed by atoms with van der Waals surface area (Å²) in [7, 11) is -0.308. The van der Waals surface area contributed by atoms with Crippen LogP contribution in [-0.4, -0.2) is 65.1 Å². The van der Waals surface area contributed by atoms with E-state index in [9.17, 15) is 18.0 Å². The zero-order valence-corrected chi connectivity index (χ0v) is 28.9. The van der Waals surface area contributed by atoms with E-state index < -0.39 is 34.4 Å². The van der Waals surface area contributed by atoms with Gasteiger partial charge in [0.1, 0.15) is 18.3 Å². The number of hydrogen-bond acceptors (Lipinski definition) is 7. The number of carbonyl (C=O) groups excluding carboxylic acids is 2. The lowest BCUT2D eigenvalue weighted by atomic mass is 10.1. The highest BCUT2D eigenvalue weighted by Gasteiger charge is 2.35. The minimum atomic E-state index is -4.48. The van der Waals surface area contributed by atoms with E-state index in [2.05, 4.69) is 5.32 Å². The number of ether oxygens (including phenoxy) is 3. The Balaban J connectivity index is 2.20. The first-order valence-electron chi connectivity index (χ1n) is 13.9. The van der Waals surface area contributed by atoms with Crippen molar-refractivity contribution in [1.29, 1.82) is 0 Å². The maximum absolute atomic E-state index is 14.4. The van der Waals surface area contributed by atoms with Crippen LogP contribution in [0.5, 0.6) is 17.2 Å². The number of hydrogen-bond donors (Lipinski definition) is 1. The Hall–Kier alpha value is -3.38. The van der Waals surface area contributed by atoms with Gasteiger partial charge < -0.3 is 24.4 Å². The molecule has 0 fully saturated rings. The van der Waals surface area contributed by atoms with Gasteiger partial charge in [-0.15, -0.1) is 0 Å². The second-order valence-electron chi connectivity index (χ2n) is 10.2. The molecule has 45 heavy (non-hydrogen) atoms. The van der Waals surface area contributed by atoms with E-state index in [1.165, 1.54) is 68.7 Å². The summed E-state index contributed by atoms with van der Waals surface area (Å²) in [5.41, 5.74) is 0.525. The van der Waals surface area contributed by atoms with Gasteiger partial charge in [0, 0.05) is 33.7 Å². The lowest BCUT2D eigenvalue weighted by molar-refractivity contribution is -0.140. The van der Waals surface area contributed by atoms with Crippen molar-refractivity contribution < 1.29 is 32.2 Å². The van der Waals surface area contributed by atoms with Gasteiger partial charge >= 0.3 is 0 Å². The molecule has 2 amide bonds. The molecule has 3 aromatic carbocycles. The number of sulfonamides is 1. The molecule has 0 spiro atoms. The fraction of sp³-hybridized carbons (Fsp3) is 0.355. The third kappa shape index (κ3) is 8.66. The van der Waals surface area contributed by atoms with Crippen molar-refractivity contribution in [3.8, 4) is 17.2 Å². The number of benzene rings is 3. The molecule has 0 aliphatic carbocycles. The molecule has 0 radical (unpaired) electrons. The summed E-state index contributed by atoms with van der Waals surface area (Å²) in [5, 5.41) is 3.73. The predicted molar refractivity (Wildman–Crippen MR) is 176 cm³/mol. The summed E-state index contributed by atoms with van der Waals surface area (Å²) in [4.78, 5) is 28.8. The van der Waals surface area contributed by atoms with Crippen LogP contribution in [0.3, 0.4) is 0 Å². The highest BCUT2D eigenvalue weighted by Crippen LogP contribution is 2.37. The Morgan fingerprint density at radius 1 is 0.844 bits per heavy atom. The quantitative estimate of drug-likeness (QED) is 0.213. The first-order valence-corrected chi connectivity index (χ1v) is 16.5. The van der Waals surface area contributed by atoms with Gasteiger partial charge in [-0.1, -0.05) is 47.8 Å². The summed E-state index contributed by atoms with van der Waals surface area (Å²) in [5.74, 6) is -0.461. The SMILES string of the molecule is CCC(C(=O)NC(C)C)N(Cc1ccc(Cl)cc1Cl)C(=O)CN(c1cc(Cl)ccc1OC)S(=O)(=O)c1ccc(OC)c(OC)c1. The third-order valence-corrected chi connectivity index (χ3v) is 9.38. The van der Waals surface area contributed by atoms with Crippen LogP contribution in [0, 0.1) is 0 Å². The van der Waals surface area contributed by atoms with Gasteiger partial charge in [0.25, 0.3) is 10.0 Å². The number of nitrogens with zero attached hydrogens (tertiary/aromatic N) is 2. The van der Waals surface area contributed by atoms with Crippen LogP contribution >= 0.6 is 34.8 Å². The van der Waals surface area contributed by atoms with Crippen LogP contribution in [0.25, 0.3) is 0 Å². The molecule has 0 bridgehead atoms. The second kappa shape index (κ2) is 15.8. The van der Waals surface area contributed by atoms with E-state index in [0.717, 1.165) is 4.31 Å². The van der Waals surface area contributed by atoms with Crippen LogP contribution in [0.2, 0.25) is 15.1 Å². The predicted octanol–water partition coefficient (Wildman–Crippen LogP) is 6.20. The topological polar surface area (TPSA) is 114 Å². The first-order chi connectivity index (χ1) is 21.3. The minimum Gasteiger partial charge on any atom is -0.495 e. The molecule has 1 unspecified atom stereocenters. The van der Waals surface area contributed by atoms with Crippen LogP contribution in [0.1, 0.15) is 32.8 Å². The maximum Gasteiger partial charge on any atom is 0.265 e. The molecule has 0 heterocycles. The Morgan fingerprint density at radius 2 is 1.44 bits per heavy atom. The van der Waals surface area contributed by atoms with Gasteiger partial charge in [-0.25, -0.2) is 8.42 Å². The smallest absolute Gasteiger partial charge is 0.265 e. The number of rotatable bonds is 14. The summed E-state index contributed by atoms with van der Waals surface area (Å²) in [6, 6.07) is 12.1. The van der Waals surface area contributed by atoms with E-state index in [4.69, 9.17) is 49.0 Å². The number of carbonyl (C=O) groups is 2. The average molecular weight is 701 g/mol. The van der Waals surface area contributed by atoms with Crippen molar-refractivity contribution in [3.05, 3.63) is 75.2 Å². The lowest BCUT2D eigenvalue weighted by Gasteiger charge is -2.34. The molecule has 0 saturated heterocycles. The fourth-order valence-corrected chi connectivity index (χ4v) is 6.68. The van der Waals surface area contributed by atoms with Crippen molar-refractivity contribution in [1.82, 2.24) is 10.2 Å². The molecular formula is C31H36Cl3N3O7S. The fourth-order valence-electron chi connectivity index (χ4n) is 4.61. The van der Waals surface area contributed by atoms with Crippen molar-refractivity contribution in [2.24, 2.45) is 0 Å². The van der Waals surface area contributed by atoms with Gasteiger partial charge in [0.15, 0.2) is 11.5 Å². The van der Waals surface area contributed by atoms with Crippen molar-refractivity contribution >= 4 is 62.3 Å². The highest BCUT2D eigenvalue weighted by molar-refractivity contribution is 7.92. The molecule has 0 aliphatic rings. The molecule has 10 nitrogen and oxygen atoms in total. The van der Waals surface area contributed by atoms with E-state index in [1.54, 1.807) is 32.9 Å². The van der Waals surface area contributed by atoms with Gasteiger partial charge in [-0.05, 0) is 68.3 Å². The molecule has 1 N–H and O–H groups in total. The third-order valence-electron chi connectivity index (χ3n) is 6.80. The molecule has 0 saturated carbocycles. The van der Waals surface area contributed by atoms with E-state index in [0.29, 0.717) is 16.3 Å². The molecule has 3 aromatic rings. The van der Waals surface area contributed by atoms with Gasteiger partial charge in [0.05, 0.1) is 31.9 Å². The Kier molecular flexibility index (Phi) is 12.6. The largest absolute Gasteiger partial charge is 0.495 e. The normalized spacial score (nSPS) is 12.0. The molecule has 1 atom stereocenters. The Labute approximate surface area is 279 Å². The zero-order valence-electron chi connectivity index (χ0n) is 25.8. The number of methoxy groups -OCH3 is 3. The number of anilines is 1. The summed E-state index contributed by atoms with van der Waals surface area (Å²) in [6.45, 7) is 4.54. The number of amides is 2. The van der Waals surface area contributed by atoms with Crippen LogP contribution in [0.4, 0.5) is 5.69 Å². The van der Waals surface area contributed by atoms with E-state index in [-0.39, 0.29) is 51.1 Å². The molecule has 0 aromatic heterocycles. The first kappa shape index (κ1) is 36.1. The minimum absolute atomic E-state index is 0.0114. The summed E-state index contributed by atoms with van der Waals surface area (Å²) in [6.07, 6.45) is 0.235. The molecular weight excluding hydrogens is 665 g/mol. The summed E-state index contributed by atoms with van der Waals surface area (Å²) < 4.78 is 45.7. The van der Waals surface area contributed by atoms with Crippen LogP contribution in [0.15, 0.2) is 59.5 Å². The monoisotopic (exact) mass is 699 g/mol. The van der Waals surface area contributed by atoms with E-state index >= 15 is 0 Å². The van der Waals surface area contributed by atoms with Crippen molar-refractivity contribution in [2.45, 2.75) is 50.7 Å². The number of halogens is 3. The summed E-state index contributed by atoms with van der Waals surface area (Å²) >= 11 is 18.9. The molecule has 3 rings (SSSR count). The van der Waals surface area contributed by atoms with Crippen molar-refractivity contribution in [3.63, 3.8) is 0 Å². The molecule has 0 aliphatic heterocycles. The van der Waals surface area contributed by atoms with Crippen LogP contribution in [-0.2, 0) is 26.2 Å². The maximum atomic E-state index is 14.4. The second-order valence-corrected chi connectivity index (χ2v) is 13.3. The standard InChI is InChI=1S/C31H36Cl3N3O7S/c1-7-25(31(39)35-19(2)3)36(17-20-8-9-21(32)14-24(20)34)30(38)18-37(26-15-22(33)10-12-27(26)42-4)45(40,41)23-11-13-28(43-5)29(16-23)44-6/h8-16,19,25H,7,17-18H2,1-6H3,(H,35,39). The Morgan fingerprint density at radius 3 is 2.02 bits per heavy atom.